The summed E-state index contributed by atoms with van der Waals surface area (Å²) < 4.78 is 1.18. The van der Waals surface area contributed by atoms with Gasteiger partial charge in [-0.05, 0) is 60.2 Å². The highest BCUT2D eigenvalue weighted by Crippen LogP contribution is 2.17. The Hall–Kier alpha value is -0.370. The lowest BCUT2D eigenvalue weighted by Gasteiger charge is -2.31. The number of benzene rings is 1. The molecule has 1 atom stereocenters. The number of carbonyl (C=O) groups excluding carboxylic acids is 1. The number of nitrogens with zero attached hydrogens (tertiary/aromatic N) is 1. The lowest BCUT2D eigenvalue weighted by atomic mass is 10.2. The molecule has 1 aliphatic rings. The van der Waals surface area contributed by atoms with Crippen LogP contribution in [0.4, 0.5) is 5.69 Å². The zero-order valence-electron chi connectivity index (χ0n) is 11.8. The molecule has 1 saturated heterocycles. The van der Waals surface area contributed by atoms with E-state index in [4.69, 9.17) is 0 Å². The second-order valence-electron chi connectivity index (χ2n) is 5.10. The molecule has 1 unspecified atom stereocenters. The Kier molecular flexibility index (Phi) is 7.22. The van der Waals surface area contributed by atoms with Crippen molar-refractivity contribution >= 4 is 46.6 Å². The molecule has 0 aliphatic carbocycles. The molecule has 0 radical (unpaired) electrons. The summed E-state index contributed by atoms with van der Waals surface area (Å²) in [5.41, 5.74) is 2.02. The molecule has 0 spiro atoms. The number of piperazine rings is 1. The molecule has 0 aromatic heterocycles. The van der Waals surface area contributed by atoms with Crippen LogP contribution in [0.3, 0.4) is 0 Å². The standard InChI is InChI=1S/C14H20IN3O.ClH/c1-10-7-12(15)3-4-13(10)17-14(19)9-18-6-5-16-11(2)8-18;/h3-4,7,11,16H,5-6,8-9H2,1-2H3,(H,17,19);1H. The Bertz CT molecular complexity index is 470. The summed E-state index contributed by atoms with van der Waals surface area (Å²) in [6.45, 7) is 7.45. The minimum atomic E-state index is 0. The number of hydrogen-bond acceptors (Lipinski definition) is 3. The van der Waals surface area contributed by atoms with Crippen molar-refractivity contribution in [2.45, 2.75) is 19.9 Å². The molecule has 2 N–H and O–H groups in total. The molecule has 0 saturated carbocycles. The third-order valence-electron chi connectivity index (χ3n) is 3.28. The van der Waals surface area contributed by atoms with Crippen LogP contribution >= 0.6 is 35.0 Å². The maximum absolute atomic E-state index is 12.0. The lowest BCUT2D eigenvalue weighted by molar-refractivity contribution is -0.117. The molecule has 6 heteroatoms. The monoisotopic (exact) mass is 409 g/mol. The van der Waals surface area contributed by atoms with Crippen molar-refractivity contribution in [2.24, 2.45) is 0 Å². The smallest absolute Gasteiger partial charge is 0.238 e. The van der Waals surface area contributed by atoms with Crippen molar-refractivity contribution < 1.29 is 4.79 Å². The summed E-state index contributed by atoms with van der Waals surface area (Å²) in [7, 11) is 0. The SMILES string of the molecule is Cc1cc(I)ccc1NC(=O)CN1CCNC(C)C1.Cl. The predicted molar refractivity (Wildman–Crippen MR) is 93.7 cm³/mol. The van der Waals surface area contributed by atoms with Gasteiger partial charge in [0.15, 0.2) is 0 Å². The van der Waals surface area contributed by atoms with Crippen LogP contribution in [-0.4, -0.2) is 43.0 Å². The second-order valence-corrected chi connectivity index (χ2v) is 6.34. The summed E-state index contributed by atoms with van der Waals surface area (Å²) in [6.07, 6.45) is 0. The summed E-state index contributed by atoms with van der Waals surface area (Å²) in [4.78, 5) is 14.2. The maximum atomic E-state index is 12.0. The van der Waals surface area contributed by atoms with E-state index in [1.807, 2.05) is 19.1 Å². The quantitative estimate of drug-likeness (QED) is 0.753. The fourth-order valence-corrected chi connectivity index (χ4v) is 2.96. The van der Waals surface area contributed by atoms with Crippen LogP contribution in [0.25, 0.3) is 0 Å². The van der Waals surface area contributed by atoms with Gasteiger partial charge in [-0.3, -0.25) is 9.69 Å². The van der Waals surface area contributed by atoms with Gasteiger partial charge in [0.25, 0.3) is 0 Å². The Morgan fingerprint density at radius 1 is 1.55 bits per heavy atom. The maximum Gasteiger partial charge on any atom is 0.238 e. The summed E-state index contributed by atoms with van der Waals surface area (Å²) >= 11 is 2.27. The van der Waals surface area contributed by atoms with Crippen molar-refractivity contribution in [1.29, 1.82) is 0 Å². The van der Waals surface area contributed by atoms with Crippen molar-refractivity contribution in [3.8, 4) is 0 Å². The molecule has 1 heterocycles. The minimum Gasteiger partial charge on any atom is -0.325 e. The van der Waals surface area contributed by atoms with Crippen molar-refractivity contribution in [3.63, 3.8) is 0 Å². The molecular formula is C14H21ClIN3O. The van der Waals surface area contributed by atoms with Gasteiger partial charge in [0.2, 0.25) is 5.91 Å². The minimum absolute atomic E-state index is 0. The molecule has 4 nitrogen and oxygen atoms in total. The molecule has 1 aromatic carbocycles. The van der Waals surface area contributed by atoms with E-state index in [1.165, 1.54) is 3.57 Å². The largest absolute Gasteiger partial charge is 0.325 e. The van der Waals surface area contributed by atoms with E-state index in [1.54, 1.807) is 0 Å². The topological polar surface area (TPSA) is 44.4 Å². The van der Waals surface area contributed by atoms with Crippen LogP contribution in [0, 0.1) is 10.5 Å². The number of aryl methyl sites for hydroxylation is 1. The normalized spacial score (nSPS) is 19.2. The molecule has 1 aromatic rings. The van der Waals surface area contributed by atoms with E-state index in [-0.39, 0.29) is 18.3 Å². The number of nitrogens with one attached hydrogen (secondary N) is 2. The second kappa shape index (κ2) is 8.17. The Morgan fingerprint density at radius 2 is 2.30 bits per heavy atom. The van der Waals surface area contributed by atoms with E-state index in [9.17, 15) is 4.79 Å². The van der Waals surface area contributed by atoms with Crippen molar-refractivity contribution in [3.05, 3.63) is 27.3 Å². The van der Waals surface area contributed by atoms with Crippen LogP contribution in [0.5, 0.6) is 0 Å². The Labute approximate surface area is 140 Å². The summed E-state index contributed by atoms with van der Waals surface area (Å²) in [6, 6.07) is 6.51. The van der Waals surface area contributed by atoms with Crippen LogP contribution in [-0.2, 0) is 4.79 Å². The summed E-state index contributed by atoms with van der Waals surface area (Å²) in [5.74, 6) is 0.0680. The van der Waals surface area contributed by atoms with Gasteiger partial charge in [-0.15, -0.1) is 12.4 Å². The van der Waals surface area contributed by atoms with Gasteiger partial charge in [-0.2, -0.15) is 0 Å². The van der Waals surface area contributed by atoms with Gasteiger partial charge in [0.1, 0.15) is 0 Å². The van der Waals surface area contributed by atoms with Gasteiger partial charge < -0.3 is 10.6 Å². The van der Waals surface area contributed by atoms with Gasteiger partial charge in [-0.25, -0.2) is 0 Å². The van der Waals surface area contributed by atoms with E-state index in [0.29, 0.717) is 12.6 Å². The Balaban J connectivity index is 0.00000200. The number of hydrogen-bond donors (Lipinski definition) is 2. The zero-order chi connectivity index (χ0) is 13.8. The fraction of sp³-hybridized carbons (Fsp3) is 0.500. The predicted octanol–water partition coefficient (Wildman–Crippen LogP) is 2.25. The molecule has 1 fully saturated rings. The average molecular weight is 410 g/mol. The first-order valence-corrected chi connectivity index (χ1v) is 7.64. The Morgan fingerprint density at radius 3 is 2.95 bits per heavy atom. The van der Waals surface area contributed by atoms with Crippen LogP contribution < -0.4 is 10.6 Å². The van der Waals surface area contributed by atoms with E-state index < -0.39 is 0 Å². The van der Waals surface area contributed by atoms with Gasteiger partial charge >= 0.3 is 0 Å². The molecule has 0 bridgehead atoms. The highest BCUT2D eigenvalue weighted by molar-refractivity contribution is 14.1. The third kappa shape index (κ3) is 5.20. The first-order chi connectivity index (χ1) is 9.04. The number of amides is 1. The van der Waals surface area contributed by atoms with Gasteiger partial charge in [-0.1, -0.05) is 0 Å². The molecule has 112 valence electrons. The number of halogens is 2. The third-order valence-corrected chi connectivity index (χ3v) is 3.95. The number of anilines is 1. The molecule has 1 amide bonds. The van der Waals surface area contributed by atoms with Crippen LogP contribution in [0.15, 0.2) is 18.2 Å². The average Bonchev–Trinajstić information content (AvgIpc) is 2.33. The highest BCUT2D eigenvalue weighted by Gasteiger charge is 2.18. The highest BCUT2D eigenvalue weighted by atomic mass is 127. The van der Waals surface area contributed by atoms with Gasteiger partial charge in [0.05, 0.1) is 6.54 Å². The molecule has 2 rings (SSSR count). The van der Waals surface area contributed by atoms with Crippen molar-refractivity contribution in [1.82, 2.24) is 10.2 Å². The van der Waals surface area contributed by atoms with Crippen LogP contribution in [0.1, 0.15) is 12.5 Å². The first-order valence-electron chi connectivity index (χ1n) is 6.56. The lowest BCUT2D eigenvalue weighted by Crippen LogP contribution is -2.51. The number of carbonyl (C=O) groups is 1. The first kappa shape index (κ1) is 17.7. The van der Waals surface area contributed by atoms with E-state index in [2.05, 4.69) is 51.1 Å². The zero-order valence-corrected chi connectivity index (χ0v) is 14.8. The molecule has 1 aliphatic heterocycles. The van der Waals surface area contributed by atoms with E-state index in [0.717, 1.165) is 30.9 Å². The molecular weight excluding hydrogens is 389 g/mol. The van der Waals surface area contributed by atoms with Gasteiger partial charge in [0, 0.05) is 34.9 Å². The number of rotatable bonds is 3. The van der Waals surface area contributed by atoms with Crippen molar-refractivity contribution in [2.75, 3.05) is 31.5 Å². The summed E-state index contributed by atoms with van der Waals surface area (Å²) in [5, 5.41) is 6.37. The van der Waals surface area contributed by atoms with Crippen LogP contribution in [0.2, 0.25) is 0 Å². The molecule has 20 heavy (non-hydrogen) atoms. The fourth-order valence-electron chi connectivity index (χ4n) is 2.32. The van der Waals surface area contributed by atoms with E-state index >= 15 is 0 Å².